The summed E-state index contributed by atoms with van der Waals surface area (Å²) in [6.45, 7) is 3.42. The SMILES string of the molecule is Cc1ccc(S(=O)(=O)N[C@@H](CCC(N)=O)C(=O)[O-])c(C)c1. The summed E-state index contributed by atoms with van der Waals surface area (Å²) in [5, 5.41) is 11.0. The van der Waals surface area contributed by atoms with Crippen molar-refractivity contribution in [1.29, 1.82) is 0 Å². The molecule has 7 nitrogen and oxygen atoms in total. The van der Waals surface area contributed by atoms with E-state index in [-0.39, 0.29) is 17.7 Å². The molecule has 0 fully saturated rings. The highest BCUT2D eigenvalue weighted by Crippen LogP contribution is 2.17. The molecule has 21 heavy (non-hydrogen) atoms. The molecule has 0 unspecified atom stereocenters. The number of carbonyl (C=O) groups is 2. The van der Waals surface area contributed by atoms with Crippen molar-refractivity contribution in [2.75, 3.05) is 0 Å². The molecule has 8 heteroatoms. The Morgan fingerprint density at radius 1 is 1.33 bits per heavy atom. The van der Waals surface area contributed by atoms with E-state index in [1.165, 1.54) is 6.07 Å². The normalized spacial score (nSPS) is 12.9. The predicted octanol–water partition coefficient (Wildman–Crippen LogP) is -1.03. The number of rotatable bonds is 7. The summed E-state index contributed by atoms with van der Waals surface area (Å²) in [5.41, 5.74) is 6.31. The van der Waals surface area contributed by atoms with Crippen LogP contribution in [0.25, 0.3) is 0 Å². The molecule has 1 aromatic rings. The third-order valence-electron chi connectivity index (χ3n) is 2.88. The standard InChI is InChI=1S/C13H18N2O5S/c1-8-3-5-11(9(2)7-8)21(19,20)15-10(13(17)18)4-6-12(14)16/h3,5,7,10,15H,4,6H2,1-2H3,(H2,14,16)(H,17,18)/p-1/t10-/m0/s1. The zero-order valence-electron chi connectivity index (χ0n) is 11.8. The van der Waals surface area contributed by atoms with Gasteiger partial charge in [0.25, 0.3) is 0 Å². The summed E-state index contributed by atoms with van der Waals surface area (Å²) in [6, 6.07) is 3.17. The number of sulfonamides is 1. The topological polar surface area (TPSA) is 129 Å². The van der Waals surface area contributed by atoms with Crippen molar-refractivity contribution < 1.29 is 23.1 Å². The maximum Gasteiger partial charge on any atom is 0.241 e. The second kappa shape index (κ2) is 6.68. The molecule has 0 heterocycles. The van der Waals surface area contributed by atoms with Crippen LogP contribution in [0, 0.1) is 13.8 Å². The third-order valence-corrected chi connectivity index (χ3v) is 4.51. The number of primary amides is 1. The van der Waals surface area contributed by atoms with Crippen LogP contribution < -0.4 is 15.6 Å². The maximum absolute atomic E-state index is 12.2. The Balaban J connectivity index is 3.00. The van der Waals surface area contributed by atoms with Gasteiger partial charge in [-0.1, -0.05) is 17.7 Å². The first-order chi connectivity index (χ1) is 9.63. The molecule has 1 rings (SSSR count). The molecule has 0 aliphatic rings. The highest BCUT2D eigenvalue weighted by atomic mass is 32.2. The van der Waals surface area contributed by atoms with Gasteiger partial charge in [0.05, 0.1) is 16.9 Å². The molecule has 0 aliphatic heterocycles. The lowest BCUT2D eigenvalue weighted by Crippen LogP contribution is -2.48. The highest BCUT2D eigenvalue weighted by molar-refractivity contribution is 7.89. The number of hydrogen-bond donors (Lipinski definition) is 2. The van der Waals surface area contributed by atoms with E-state index in [0.29, 0.717) is 5.56 Å². The number of hydrogen-bond acceptors (Lipinski definition) is 5. The van der Waals surface area contributed by atoms with Gasteiger partial charge in [-0.2, -0.15) is 0 Å². The molecule has 0 saturated heterocycles. The Labute approximate surface area is 123 Å². The number of aryl methyl sites for hydroxylation is 2. The average molecular weight is 313 g/mol. The summed E-state index contributed by atoms with van der Waals surface area (Å²) in [4.78, 5) is 21.6. The summed E-state index contributed by atoms with van der Waals surface area (Å²) in [5.74, 6) is -2.32. The quantitative estimate of drug-likeness (QED) is 0.664. The number of carboxylic acids is 1. The fraction of sp³-hybridized carbons (Fsp3) is 0.385. The van der Waals surface area contributed by atoms with Crippen molar-refractivity contribution in [2.45, 2.75) is 37.6 Å². The molecule has 0 aliphatic carbocycles. The maximum atomic E-state index is 12.2. The smallest absolute Gasteiger partial charge is 0.241 e. The molecule has 0 radical (unpaired) electrons. The van der Waals surface area contributed by atoms with Gasteiger partial charge in [0, 0.05) is 6.42 Å². The second-order valence-corrected chi connectivity index (χ2v) is 6.45. The Morgan fingerprint density at radius 3 is 2.43 bits per heavy atom. The summed E-state index contributed by atoms with van der Waals surface area (Å²) >= 11 is 0. The van der Waals surface area contributed by atoms with Crippen LogP contribution in [0.3, 0.4) is 0 Å². The molecule has 0 aromatic heterocycles. The Morgan fingerprint density at radius 2 is 1.95 bits per heavy atom. The van der Waals surface area contributed by atoms with Gasteiger partial charge < -0.3 is 15.6 Å². The van der Waals surface area contributed by atoms with Gasteiger partial charge >= 0.3 is 0 Å². The number of nitrogens with two attached hydrogens (primary N) is 1. The van der Waals surface area contributed by atoms with Gasteiger partial charge in [0.1, 0.15) is 0 Å². The van der Waals surface area contributed by atoms with E-state index in [9.17, 15) is 23.1 Å². The van der Waals surface area contributed by atoms with Crippen LogP contribution in [0.2, 0.25) is 0 Å². The minimum absolute atomic E-state index is 0.0153. The zero-order valence-corrected chi connectivity index (χ0v) is 12.6. The molecular weight excluding hydrogens is 296 g/mol. The van der Waals surface area contributed by atoms with Crippen LogP contribution >= 0.6 is 0 Å². The van der Waals surface area contributed by atoms with Gasteiger partial charge in [0.15, 0.2) is 0 Å². The number of amides is 1. The van der Waals surface area contributed by atoms with E-state index >= 15 is 0 Å². The molecular formula is C13H17N2O5S-. The molecule has 3 N–H and O–H groups in total. The molecule has 1 aromatic carbocycles. The van der Waals surface area contributed by atoms with Crippen LogP contribution in [0.4, 0.5) is 0 Å². The van der Waals surface area contributed by atoms with Crippen LogP contribution in [-0.2, 0) is 19.6 Å². The van der Waals surface area contributed by atoms with Gasteiger partial charge in [-0.25, -0.2) is 13.1 Å². The molecule has 0 bridgehead atoms. The number of carboxylic acid groups (broad SMARTS) is 1. The third kappa shape index (κ3) is 4.83. The van der Waals surface area contributed by atoms with Crippen molar-refractivity contribution in [3.63, 3.8) is 0 Å². The predicted molar refractivity (Wildman–Crippen MR) is 73.5 cm³/mol. The lowest BCUT2D eigenvalue weighted by molar-refractivity contribution is -0.308. The van der Waals surface area contributed by atoms with Crippen LogP contribution in [-0.4, -0.2) is 26.3 Å². The van der Waals surface area contributed by atoms with E-state index in [2.05, 4.69) is 0 Å². The molecule has 0 spiro atoms. The largest absolute Gasteiger partial charge is 0.548 e. The van der Waals surface area contributed by atoms with Crippen molar-refractivity contribution in [3.8, 4) is 0 Å². The summed E-state index contributed by atoms with van der Waals surface area (Å²) in [7, 11) is -4.02. The van der Waals surface area contributed by atoms with E-state index in [4.69, 9.17) is 5.73 Å². The molecule has 1 atom stereocenters. The molecule has 1 amide bonds. The molecule has 116 valence electrons. The summed E-state index contributed by atoms with van der Waals surface area (Å²) in [6.07, 6.45) is -0.518. The van der Waals surface area contributed by atoms with Crippen molar-refractivity contribution in [2.24, 2.45) is 5.73 Å². The Kier molecular flexibility index (Phi) is 5.45. The van der Waals surface area contributed by atoms with Crippen LogP contribution in [0.5, 0.6) is 0 Å². The van der Waals surface area contributed by atoms with E-state index in [1.807, 2.05) is 11.6 Å². The average Bonchev–Trinajstić information content (AvgIpc) is 2.33. The fourth-order valence-electron chi connectivity index (χ4n) is 1.86. The first-order valence-electron chi connectivity index (χ1n) is 6.22. The number of carbonyl (C=O) groups excluding carboxylic acids is 2. The van der Waals surface area contributed by atoms with Gasteiger partial charge in [-0.15, -0.1) is 0 Å². The minimum Gasteiger partial charge on any atom is -0.548 e. The van der Waals surface area contributed by atoms with Crippen molar-refractivity contribution in [3.05, 3.63) is 29.3 Å². The van der Waals surface area contributed by atoms with Crippen LogP contribution in [0.1, 0.15) is 24.0 Å². The minimum atomic E-state index is -4.02. The highest BCUT2D eigenvalue weighted by Gasteiger charge is 2.22. The van der Waals surface area contributed by atoms with Crippen LogP contribution in [0.15, 0.2) is 23.1 Å². The number of nitrogens with one attached hydrogen (secondary N) is 1. The van der Waals surface area contributed by atoms with Crippen molar-refractivity contribution >= 4 is 21.9 Å². The fourth-order valence-corrected chi connectivity index (χ4v) is 3.31. The first-order valence-corrected chi connectivity index (χ1v) is 7.70. The van der Waals surface area contributed by atoms with E-state index in [1.54, 1.807) is 19.1 Å². The van der Waals surface area contributed by atoms with E-state index in [0.717, 1.165) is 5.56 Å². The van der Waals surface area contributed by atoms with Gasteiger partial charge in [-0.05, 0) is 31.9 Å². The molecule has 0 saturated carbocycles. The van der Waals surface area contributed by atoms with Gasteiger partial charge in [-0.3, -0.25) is 4.79 Å². The summed E-state index contributed by atoms with van der Waals surface area (Å²) < 4.78 is 26.4. The Hall–Kier alpha value is -1.93. The lowest BCUT2D eigenvalue weighted by Gasteiger charge is -2.20. The number of benzene rings is 1. The zero-order chi connectivity index (χ0) is 16.2. The lowest BCUT2D eigenvalue weighted by atomic mass is 10.2. The second-order valence-electron chi connectivity index (χ2n) is 4.77. The Bertz CT molecular complexity index is 655. The van der Waals surface area contributed by atoms with E-state index < -0.39 is 27.9 Å². The van der Waals surface area contributed by atoms with Gasteiger partial charge in [0.2, 0.25) is 15.9 Å². The first kappa shape index (κ1) is 17.1. The number of aliphatic carboxylic acids is 1. The van der Waals surface area contributed by atoms with Crippen molar-refractivity contribution in [1.82, 2.24) is 4.72 Å². The monoisotopic (exact) mass is 313 g/mol.